The van der Waals surface area contributed by atoms with E-state index in [1.54, 1.807) is 48.5 Å². The molecule has 4 aromatic carbocycles. The second-order valence-corrected chi connectivity index (χ2v) is 12.6. The fraction of sp³-hybridized carbons (Fsp3) is 0.212. The molecule has 0 aliphatic carbocycles. The predicted octanol–water partition coefficient (Wildman–Crippen LogP) is 6.14. The van der Waals surface area contributed by atoms with Gasteiger partial charge in [0.1, 0.15) is 12.6 Å². The SMILES string of the molecule is CCc1ccccc1N(CC(=O)N(Cc1ccc(Cl)c(Cl)c1)C(Cc1ccccc1)C(=O)NC)S(=O)(=O)c1ccccc1. The number of halogens is 2. The Morgan fingerprint density at radius 3 is 2.07 bits per heavy atom. The molecule has 0 aromatic heterocycles. The average Bonchev–Trinajstić information content (AvgIpc) is 3.03. The van der Waals surface area contributed by atoms with Gasteiger partial charge in [-0.1, -0.05) is 103 Å². The molecule has 0 bridgehead atoms. The molecule has 0 spiro atoms. The third-order valence-electron chi connectivity index (χ3n) is 7.11. The number of nitrogens with one attached hydrogen (secondary N) is 1. The summed E-state index contributed by atoms with van der Waals surface area (Å²) in [6.45, 7) is 1.39. The molecule has 7 nitrogen and oxygen atoms in total. The minimum atomic E-state index is -4.16. The van der Waals surface area contributed by atoms with Crippen molar-refractivity contribution in [2.75, 3.05) is 17.9 Å². The largest absolute Gasteiger partial charge is 0.357 e. The number of carbonyl (C=O) groups excluding carboxylic acids is 2. The van der Waals surface area contributed by atoms with Crippen molar-refractivity contribution in [2.45, 2.75) is 37.2 Å². The van der Waals surface area contributed by atoms with Crippen molar-refractivity contribution in [3.05, 3.63) is 130 Å². The van der Waals surface area contributed by atoms with Gasteiger partial charge in [-0.2, -0.15) is 0 Å². The van der Waals surface area contributed by atoms with Gasteiger partial charge in [0.15, 0.2) is 0 Å². The van der Waals surface area contributed by atoms with Crippen molar-refractivity contribution in [1.29, 1.82) is 0 Å². The Bertz CT molecular complexity index is 1670. The number of sulfonamides is 1. The highest BCUT2D eigenvalue weighted by Gasteiger charge is 2.35. The van der Waals surface area contributed by atoms with Gasteiger partial charge < -0.3 is 10.2 Å². The van der Waals surface area contributed by atoms with Crippen LogP contribution >= 0.6 is 23.2 Å². The zero-order chi connectivity index (χ0) is 31.0. The van der Waals surface area contributed by atoms with E-state index in [0.717, 1.165) is 15.4 Å². The number of aryl methyl sites for hydroxylation is 1. The first-order chi connectivity index (χ1) is 20.6. The smallest absolute Gasteiger partial charge is 0.264 e. The molecule has 10 heteroatoms. The number of hydrogen-bond acceptors (Lipinski definition) is 4. The molecule has 43 heavy (non-hydrogen) atoms. The third kappa shape index (κ3) is 7.76. The lowest BCUT2D eigenvalue weighted by atomic mass is 10.0. The minimum absolute atomic E-state index is 0.00467. The maximum Gasteiger partial charge on any atom is 0.264 e. The highest BCUT2D eigenvalue weighted by atomic mass is 35.5. The van der Waals surface area contributed by atoms with Crippen LogP contribution in [0.4, 0.5) is 5.69 Å². The monoisotopic (exact) mass is 637 g/mol. The van der Waals surface area contributed by atoms with Crippen LogP contribution in [0.5, 0.6) is 0 Å². The fourth-order valence-corrected chi connectivity index (χ4v) is 6.64. The van der Waals surface area contributed by atoms with Crippen LogP contribution in [-0.4, -0.2) is 44.8 Å². The van der Waals surface area contributed by atoms with Gasteiger partial charge >= 0.3 is 0 Å². The Hall–Kier alpha value is -3.85. The summed E-state index contributed by atoms with van der Waals surface area (Å²) < 4.78 is 29.3. The molecular weight excluding hydrogens is 605 g/mol. The molecule has 0 radical (unpaired) electrons. The van der Waals surface area contributed by atoms with Gasteiger partial charge in [-0.3, -0.25) is 13.9 Å². The highest BCUT2D eigenvalue weighted by Crippen LogP contribution is 2.29. The van der Waals surface area contributed by atoms with E-state index in [-0.39, 0.29) is 23.8 Å². The Morgan fingerprint density at radius 1 is 0.814 bits per heavy atom. The molecule has 0 aliphatic rings. The Labute approximate surface area is 263 Å². The molecule has 0 heterocycles. The molecule has 1 unspecified atom stereocenters. The Morgan fingerprint density at radius 2 is 1.44 bits per heavy atom. The summed E-state index contributed by atoms with van der Waals surface area (Å²) in [7, 11) is -2.66. The normalized spacial score (nSPS) is 11.9. The molecule has 4 aromatic rings. The van der Waals surface area contributed by atoms with Gasteiger partial charge in [-0.15, -0.1) is 0 Å². The summed E-state index contributed by atoms with van der Waals surface area (Å²) in [5.41, 5.74) is 2.64. The lowest BCUT2D eigenvalue weighted by Crippen LogP contribution is -2.53. The summed E-state index contributed by atoms with van der Waals surface area (Å²) in [6.07, 6.45) is 0.761. The molecule has 4 rings (SSSR count). The summed E-state index contributed by atoms with van der Waals surface area (Å²) in [5, 5.41) is 3.33. The van der Waals surface area contributed by atoms with Crippen LogP contribution < -0.4 is 9.62 Å². The van der Waals surface area contributed by atoms with Crippen molar-refractivity contribution in [2.24, 2.45) is 0 Å². The van der Waals surface area contributed by atoms with Crippen molar-refractivity contribution >= 4 is 50.7 Å². The lowest BCUT2D eigenvalue weighted by molar-refractivity contribution is -0.139. The van der Waals surface area contributed by atoms with Crippen molar-refractivity contribution in [3.63, 3.8) is 0 Å². The van der Waals surface area contributed by atoms with E-state index >= 15 is 0 Å². The number of hydrogen-bond donors (Lipinski definition) is 1. The van der Waals surface area contributed by atoms with Gasteiger partial charge in [0, 0.05) is 20.0 Å². The molecule has 1 atom stereocenters. The number of amides is 2. The molecule has 1 N–H and O–H groups in total. The van der Waals surface area contributed by atoms with Gasteiger partial charge in [0.25, 0.3) is 10.0 Å². The van der Waals surface area contributed by atoms with Gasteiger partial charge in [-0.25, -0.2) is 8.42 Å². The van der Waals surface area contributed by atoms with Crippen LogP contribution in [0.1, 0.15) is 23.6 Å². The highest BCUT2D eigenvalue weighted by molar-refractivity contribution is 7.92. The zero-order valence-electron chi connectivity index (χ0n) is 23.9. The van der Waals surface area contributed by atoms with Crippen LogP contribution in [0, 0.1) is 0 Å². The second-order valence-electron chi connectivity index (χ2n) is 9.90. The zero-order valence-corrected chi connectivity index (χ0v) is 26.2. The number of likely N-dealkylation sites (N-methyl/N-ethyl adjacent to an activating group) is 1. The Kier molecular flexibility index (Phi) is 10.9. The van der Waals surface area contributed by atoms with E-state index in [9.17, 15) is 18.0 Å². The van der Waals surface area contributed by atoms with Gasteiger partial charge in [0.2, 0.25) is 11.8 Å². The number of rotatable bonds is 12. The maximum absolute atomic E-state index is 14.4. The fourth-order valence-electron chi connectivity index (χ4n) is 4.84. The van der Waals surface area contributed by atoms with Crippen molar-refractivity contribution in [1.82, 2.24) is 10.2 Å². The van der Waals surface area contributed by atoms with Crippen molar-refractivity contribution < 1.29 is 18.0 Å². The number of benzene rings is 4. The van der Waals surface area contributed by atoms with Crippen molar-refractivity contribution in [3.8, 4) is 0 Å². The quantitative estimate of drug-likeness (QED) is 0.202. The van der Waals surface area contributed by atoms with Crippen LogP contribution in [0.25, 0.3) is 0 Å². The first-order valence-corrected chi connectivity index (χ1v) is 16.0. The van der Waals surface area contributed by atoms with E-state index in [0.29, 0.717) is 27.7 Å². The average molecular weight is 639 g/mol. The van der Waals surface area contributed by atoms with E-state index in [1.165, 1.54) is 24.1 Å². The van der Waals surface area contributed by atoms with E-state index < -0.39 is 28.5 Å². The van der Waals surface area contributed by atoms with Gasteiger partial charge in [0.05, 0.1) is 20.6 Å². The third-order valence-corrected chi connectivity index (χ3v) is 9.62. The molecule has 224 valence electrons. The lowest BCUT2D eigenvalue weighted by Gasteiger charge is -2.34. The number of para-hydroxylation sites is 1. The van der Waals surface area contributed by atoms with E-state index in [4.69, 9.17) is 23.2 Å². The van der Waals surface area contributed by atoms with Crippen LogP contribution in [0.15, 0.2) is 108 Å². The predicted molar refractivity (Wildman–Crippen MR) is 172 cm³/mol. The van der Waals surface area contributed by atoms with E-state index in [1.807, 2.05) is 49.4 Å². The first-order valence-electron chi connectivity index (χ1n) is 13.8. The summed E-state index contributed by atoms with van der Waals surface area (Å²) in [4.78, 5) is 29.2. The summed E-state index contributed by atoms with van der Waals surface area (Å²) >= 11 is 12.4. The van der Waals surface area contributed by atoms with Gasteiger partial charge in [-0.05, 0) is 53.4 Å². The second kappa shape index (κ2) is 14.6. The standard InChI is InChI=1S/C33H33Cl2N3O4S/c1-3-26-14-10-11-17-30(26)38(43(41,42)27-15-8-5-9-16-27)23-32(39)37(22-25-18-19-28(34)29(35)20-25)31(33(40)36-2)21-24-12-6-4-7-13-24/h4-20,31H,3,21-23H2,1-2H3,(H,36,40). The van der Waals surface area contributed by atoms with Crippen LogP contribution in [-0.2, 0) is 39.0 Å². The summed E-state index contributed by atoms with van der Waals surface area (Å²) in [6, 6.07) is 28.5. The molecule has 0 fully saturated rings. The molecular formula is C33H33Cl2N3O4S. The number of nitrogens with zero attached hydrogens (tertiary/aromatic N) is 2. The topological polar surface area (TPSA) is 86.8 Å². The maximum atomic E-state index is 14.4. The minimum Gasteiger partial charge on any atom is -0.357 e. The Balaban J connectivity index is 1.82. The molecule has 2 amide bonds. The molecule has 0 aliphatic heterocycles. The molecule has 0 saturated carbocycles. The van der Waals surface area contributed by atoms with E-state index in [2.05, 4.69) is 5.32 Å². The van der Waals surface area contributed by atoms with Crippen LogP contribution in [0.3, 0.4) is 0 Å². The number of carbonyl (C=O) groups is 2. The molecule has 0 saturated heterocycles. The first kappa shape index (κ1) is 32.1. The summed E-state index contributed by atoms with van der Waals surface area (Å²) in [5.74, 6) is -0.940. The van der Waals surface area contributed by atoms with Crippen LogP contribution in [0.2, 0.25) is 10.0 Å². The number of anilines is 1.